The molecule has 17 nitrogen and oxygen atoms in total. The lowest BCUT2D eigenvalue weighted by atomic mass is 9.99. The molecule has 19 heteroatoms. The number of phosphoric ester groups is 2. The molecule has 3 N–H and O–H groups in total. The van der Waals surface area contributed by atoms with Gasteiger partial charge in [0.2, 0.25) is 0 Å². The summed E-state index contributed by atoms with van der Waals surface area (Å²) in [4.78, 5) is 72.3. The number of ether oxygens (including phenoxy) is 4. The standard InChI is InChI=1S/C65H126O17P2/c1-9-58(8)44-36-28-19-14-16-22-32-40-48-65(70)82-61(52-76-63(68)46-38-30-24-23-27-35-43-57(6)7)54-80-84(73,74)78-50-59(66)49-77-83(71,72)79-53-60(51-75-62(67)45-37-29-20-15-13-18-26-34-42-56(4)5)81-64(69)47-39-31-21-12-10-11-17-25-33-41-55(2)3/h55-61,66H,9-54H2,1-8H3,(H,71,72)(H,73,74)/t58?,59-,60-,61-/m1/s1. The Morgan fingerprint density at radius 3 is 0.845 bits per heavy atom. The van der Waals surface area contributed by atoms with E-state index in [0.717, 1.165) is 114 Å². The highest BCUT2D eigenvalue weighted by atomic mass is 31.2. The summed E-state index contributed by atoms with van der Waals surface area (Å²) in [6.07, 6.45) is 35.0. The third-order valence-electron chi connectivity index (χ3n) is 15.2. The number of aliphatic hydroxyl groups excluding tert-OH is 1. The summed E-state index contributed by atoms with van der Waals surface area (Å²) in [5.41, 5.74) is 0. The number of hydrogen-bond acceptors (Lipinski definition) is 15. The molecule has 0 heterocycles. The van der Waals surface area contributed by atoms with Gasteiger partial charge in [0.05, 0.1) is 26.4 Å². The molecule has 0 saturated heterocycles. The van der Waals surface area contributed by atoms with E-state index in [1.807, 2.05) is 0 Å². The van der Waals surface area contributed by atoms with E-state index in [0.29, 0.717) is 31.6 Å². The van der Waals surface area contributed by atoms with Crippen LogP contribution in [-0.4, -0.2) is 96.7 Å². The van der Waals surface area contributed by atoms with Crippen LogP contribution < -0.4 is 0 Å². The molecular formula is C65H126O17P2. The molecule has 84 heavy (non-hydrogen) atoms. The second kappa shape index (κ2) is 55.2. The van der Waals surface area contributed by atoms with Gasteiger partial charge in [-0.25, -0.2) is 9.13 Å². The molecule has 6 atom stereocenters. The summed E-state index contributed by atoms with van der Waals surface area (Å²) in [5, 5.41) is 10.5. The normalized spacial score (nSPS) is 14.7. The zero-order valence-corrected chi connectivity index (χ0v) is 56.3. The highest BCUT2D eigenvalue weighted by Crippen LogP contribution is 2.45. The van der Waals surface area contributed by atoms with E-state index in [2.05, 4.69) is 55.4 Å². The molecule has 0 bridgehead atoms. The Bertz CT molecular complexity index is 1680. The summed E-state index contributed by atoms with van der Waals surface area (Å²) < 4.78 is 68.0. The molecule has 0 rings (SSSR count). The van der Waals surface area contributed by atoms with Crippen LogP contribution in [0.4, 0.5) is 0 Å². The van der Waals surface area contributed by atoms with E-state index in [1.54, 1.807) is 0 Å². The minimum Gasteiger partial charge on any atom is -0.462 e. The Balaban J connectivity index is 5.26. The van der Waals surface area contributed by atoms with Crippen molar-refractivity contribution in [3.05, 3.63) is 0 Å². The van der Waals surface area contributed by atoms with Crippen LogP contribution in [0.1, 0.15) is 312 Å². The summed E-state index contributed by atoms with van der Waals surface area (Å²) in [6, 6.07) is 0. The zero-order chi connectivity index (χ0) is 62.5. The minimum atomic E-state index is -4.95. The molecule has 0 spiro atoms. The Morgan fingerprint density at radius 1 is 0.333 bits per heavy atom. The maximum atomic E-state index is 13.0. The summed E-state index contributed by atoms with van der Waals surface area (Å²) >= 11 is 0. The van der Waals surface area contributed by atoms with Crippen LogP contribution in [0.3, 0.4) is 0 Å². The third-order valence-corrected chi connectivity index (χ3v) is 17.1. The fourth-order valence-electron chi connectivity index (χ4n) is 9.57. The van der Waals surface area contributed by atoms with Crippen LogP contribution in [0, 0.1) is 23.7 Å². The second-order valence-electron chi connectivity index (χ2n) is 25.2. The third kappa shape index (κ3) is 57.8. The van der Waals surface area contributed by atoms with E-state index in [4.69, 9.17) is 37.0 Å². The van der Waals surface area contributed by atoms with Crippen molar-refractivity contribution in [2.45, 2.75) is 331 Å². The Kier molecular flexibility index (Phi) is 53.9. The van der Waals surface area contributed by atoms with Gasteiger partial charge in [-0.2, -0.15) is 0 Å². The molecule has 0 aliphatic rings. The van der Waals surface area contributed by atoms with Crippen molar-refractivity contribution in [1.29, 1.82) is 0 Å². The van der Waals surface area contributed by atoms with Gasteiger partial charge in [0, 0.05) is 25.7 Å². The molecule has 0 saturated carbocycles. The van der Waals surface area contributed by atoms with Crippen molar-refractivity contribution in [1.82, 2.24) is 0 Å². The maximum absolute atomic E-state index is 13.0. The molecule has 0 amide bonds. The lowest BCUT2D eigenvalue weighted by molar-refractivity contribution is -0.161. The number of carbonyl (C=O) groups excluding carboxylic acids is 4. The predicted octanol–water partition coefficient (Wildman–Crippen LogP) is 17.8. The number of aliphatic hydroxyl groups is 1. The summed E-state index contributed by atoms with van der Waals surface area (Å²) in [6.45, 7) is 14.0. The lowest BCUT2D eigenvalue weighted by Crippen LogP contribution is -2.30. The zero-order valence-electron chi connectivity index (χ0n) is 54.5. The first-order valence-electron chi connectivity index (χ1n) is 33.7. The molecule has 0 fully saturated rings. The molecule has 0 aromatic heterocycles. The highest BCUT2D eigenvalue weighted by Gasteiger charge is 2.30. The van der Waals surface area contributed by atoms with Crippen molar-refractivity contribution in [3.8, 4) is 0 Å². The average Bonchev–Trinajstić information content (AvgIpc) is 3.50. The van der Waals surface area contributed by atoms with Gasteiger partial charge in [0.1, 0.15) is 19.3 Å². The van der Waals surface area contributed by atoms with Gasteiger partial charge in [-0.15, -0.1) is 0 Å². The predicted molar refractivity (Wildman–Crippen MR) is 335 cm³/mol. The maximum Gasteiger partial charge on any atom is 0.472 e. The van der Waals surface area contributed by atoms with E-state index in [-0.39, 0.29) is 25.7 Å². The van der Waals surface area contributed by atoms with Crippen LogP contribution in [0.2, 0.25) is 0 Å². The molecule has 0 aromatic rings. The van der Waals surface area contributed by atoms with Crippen LogP contribution in [0.5, 0.6) is 0 Å². The largest absolute Gasteiger partial charge is 0.472 e. The Labute approximate surface area is 511 Å². The van der Waals surface area contributed by atoms with Crippen molar-refractivity contribution in [2.24, 2.45) is 23.7 Å². The minimum absolute atomic E-state index is 0.103. The first-order valence-corrected chi connectivity index (χ1v) is 36.7. The fraction of sp³-hybridized carbons (Fsp3) is 0.938. The molecule has 0 aliphatic heterocycles. The summed E-state index contributed by atoms with van der Waals surface area (Å²) in [5.74, 6) is 0.771. The first-order chi connectivity index (χ1) is 40.1. The highest BCUT2D eigenvalue weighted by molar-refractivity contribution is 7.47. The Morgan fingerprint density at radius 2 is 0.571 bits per heavy atom. The summed E-state index contributed by atoms with van der Waals surface area (Å²) in [7, 11) is -9.89. The smallest absolute Gasteiger partial charge is 0.462 e. The molecule has 498 valence electrons. The molecule has 0 aliphatic carbocycles. The topological polar surface area (TPSA) is 237 Å². The number of unbranched alkanes of at least 4 members (excludes halogenated alkanes) is 27. The molecule has 3 unspecified atom stereocenters. The van der Waals surface area contributed by atoms with E-state index < -0.39 is 97.5 Å². The van der Waals surface area contributed by atoms with Gasteiger partial charge in [-0.3, -0.25) is 37.3 Å². The molecular weight excluding hydrogens is 1110 g/mol. The lowest BCUT2D eigenvalue weighted by Gasteiger charge is -2.21. The Hall–Kier alpha value is -1.94. The van der Waals surface area contributed by atoms with Crippen molar-refractivity contribution >= 4 is 39.5 Å². The number of rotatable bonds is 62. The van der Waals surface area contributed by atoms with Gasteiger partial charge in [0.15, 0.2) is 12.2 Å². The van der Waals surface area contributed by atoms with Gasteiger partial charge >= 0.3 is 39.5 Å². The van der Waals surface area contributed by atoms with Crippen LogP contribution in [0.25, 0.3) is 0 Å². The number of phosphoric acid groups is 2. The van der Waals surface area contributed by atoms with Gasteiger partial charge in [0.25, 0.3) is 0 Å². The first kappa shape index (κ1) is 82.1. The van der Waals surface area contributed by atoms with Gasteiger partial charge < -0.3 is 33.8 Å². The number of hydrogen-bond donors (Lipinski definition) is 3. The van der Waals surface area contributed by atoms with Gasteiger partial charge in [-0.05, 0) is 49.4 Å². The van der Waals surface area contributed by atoms with Crippen molar-refractivity contribution < 1.29 is 80.2 Å². The van der Waals surface area contributed by atoms with E-state index in [1.165, 1.54) is 109 Å². The second-order valence-corrected chi connectivity index (χ2v) is 28.1. The van der Waals surface area contributed by atoms with Crippen LogP contribution in [0.15, 0.2) is 0 Å². The molecule has 0 aromatic carbocycles. The van der Waals surface area contributed by atoms with Crippen LogP contribution >= 0.6 is 15.6 Å². The molecule has 0 radical (unpaired) electrons. The average molecular weight is 1240 g/mol. The fourth-order valence-corrected chi connectivity index (χ4v) is 11.2. The monoisotopic (exact) mass is 1240 g/mol. The number of carbonyl (C=O) groups is 4. The van der Waals surface area contributed by atoms with Crippen molar-refractivity contribution in [2.75, 3.05) is 39.6 Å². The number of esters is 4. The van der Waals surface area contributed by atoms with Gasteiger partial charge in [-0.1, -0.05) is 261 Å². The quantitative estimate of drug-likeness (QED) is 0.0222. The SMILES string of the molecule is CCC(C)CCCCCCCCCCC(=O)O[C@H](COC(=O)CCCCCCCCC(C)C)COP(=O)(O)OC[C@H](O)COP(=O)(O)OC[C@@H](COC(=O)CCCCCCCCCCC(C)C)OC(=O)CCCCCCCCCCCC(C)C. The van der Waals surface area contributed by atoms with E-state index in [9.17, 15) is 43.2 Å². The van der Waals surface area contributed by atoms with E-state index >= 15 is 0 Å². The van der Waals surface area contributed by atoms with Crippen molar-refractivity contribution in [3.63, 3.8) is 0 Å². The van der Waals surface area contributed by atoms with Crippen LogP contribution in [-0.2, 0) is 65.4 Å².